The second kappa shape index (κ2) is 6.77. The highest BCUT2D eigenvalue weighted by molar-refractivity contribution is 5.76. The van der Waals surface area contributed by atoms with Crippen LogP contribution in [0.25, 0.3) is 11.0 Å². The van der Waals surface area contributed by atoms with Crippen molar-refractivity contribution in [3.05, 3.63) is 96.1 Å². The summed E-state index contributed by atoms with van der Waals surface area (Å²) < 4.78 is 15.3. The molecule has 0 radical (unpaired) electrons. The summed E-state index contributed by atoms with van der Waals surface area (Å²) in [6.07, 6.45) is 0. The lowest BCUT2D eigenvalue weighted by molar-refractivity contribution is 0.628. The van der Waals surface area contributed by atoms with Crippen LogP contribution < -0.4 is 5.32 Å². The van der Waals surface area contributed by atoms with Gasteiger partial charge in [0.05, 0.1) is 17.6 Å². The molecule has 0 aliphatic carbocycles. The average Bonchev–Trinajstić information content (AvgIpc) is 3.00. The van der Waals surface area contributed by atoms with Crippen LogP contribution in [0.5, 0.6) is 0 Å². The Morgan fingerprint density at radius 3 is 2.36 bits per heavy atom. The molecule has 0 amide bonds. The molecule has 0 aliphatic rings. The second-order valence-corrected chi connectivity index (χ2v) is 5.95. The molecule has 1 N–H and O–H groups in total. The number of anilines is 1. The third-order valence-electron chi connectivity index (χ3n) is 4.21. The summed E-state index contributed by atoms with van der Waals surface area (Å²) in [6, 6.07) is 24.9. The highest BCUT2D eigenvalue weighted by atomic mass is 19.1. The predicted octanol–water partition coefficient (Wildman–Crippen LogP) is 4.84. The average molecular weight is 331 g/mol. The standard InChI is InChI=1S/C21H18FN3/c22-17-10-12-18(13-11-17)23-14-21-24-19-8-4-5-9-20(19)25(21)15-16-6-2-1-3-7-16/h1-13,23H,14-15H2. The fraction of sp³-hybridized carbons (Fsp3) is 0.0952. The number of nitrogens with one attached hydrogen (secondary N) is 1. The highest BCUT2D eigenvalue weighted by Gasteiger charge is 2.10. The van der Waals surface area contributed by atoms with Crippen molar-refractivity contribution in [1.82, 2.24) is 9.55 Å². The number of benzene rings is 3. The maximum atomic E-state index is 13.1. The van der Waals surface area contributed by atoms with E-state index in [-0.39, 0.29) is 5.82 Å². The summed E-state index contributed by atoms with van der Waals surface area (Å²) >= 11 is 0. The van der Waals surface area contributed by atoms with Crippen LogP contribution in [0, 0.1) is 5.82 Å². The van der Waals surface area contributed by atoms with Crippen molar-refractivity contribution in [2.75, 3.05) is 5.32 Å². The van der Waals surface area contributed by atoms with Crippen molar-refractivity contribution in [2.24, 2.45) is 0 Å². The minimum absolute atomic E-state index is 0.234. The number of halogens is 1. The Morgan fingerprint density at radius 1 is 0.840 bits per heavy atom. The van der Waals surface area contributed by atoms with Crippen LogP contribution in [0.1, 0.15) is 11.4 Å². The molecule has 3 aromatic carbocycles. The molecule has 0 aliphatic heterocycles. The monoisotopic (exact) mass is 331 g/mol. The van der Waals surface area contributed by atoms with Crippen LogP contribution in [0.4, 0.5) is 10.1 Å². The molecule has 0 atom stereocenters. The SMILES string of the molecule is Fc1ccc(NCc2nc3ccccc3n2Cc2ccccc2)cc1. The largest absolute Gasteiger partial charge is 0.378 e. The lowest BCUT2D eigenvalue weighted by Crippen LogP contribution is -2.09. The molecule has 3 nitrogen and oxygen atoms in total. The first-order valence-electron chi connectivity index (χ1n) is 8.27. The van der Waals surface area contributed by atoms with Crippen LogP contribution in [-0.2, 0) is 13.1 Å². The van der Waals surface area contributed by atoms with Gasteiger partial charge in [0.25, 0.3) is 0 Å². The number of hydrogen-bond donors (Lipinski definition) is 1. The Hall–Kier alpha value is -3.14. The first-order valence-corrected chi connectivity index (χ1v) is 8.27. The van der Waals surface area contributed by atoms with Crippen molar-refractivity contribution >= 4 is 16.7 Å². The van der Waals surface area contributed by atoms with Gasteiger partial charge >= 0.3 is 0 Å². The molecule has 1 aromatic heterocycles. The molecule has 4 aromatic rings. The Bertz CT molecular complexity index is 975. The van der Waals surface area contributed by atoms with Gasteiger partial charge in [-0.2, -0.15) is 0 Å². The Morgan fingerprint density at radius 2 is 1.56 bits per heavy atom. The van der Waals surface area contributed by atoms with E-state index in [4.69, 9.17) is 4.98 Å². The zero-order chi connectivity index (χ0) is 17.1. The Kier molecular flexibility index (Phi) is 4.17. The third-order valence-corrected chi connectivity index (χ3v) is 4.21. The number of para-hydroxylation sites is 2. The van der Waals surface area contributed by atoms with E-state index in [1.807, 2.05) is 36.4 Å². The van der Waals surface area contributed by atoms with Gasteiger partial charge < -0.3 is 9.88 Å². The molecular formula is C21H18FN3. The minimum Gasteiger partial charge on any atom is -0.378 e. The number of aromatic nitrogens is 2. The lowest BCUT2D eigenvalue weighted by Gasteiger charge is -2.11. The summed E-state index contributed by atoms with van der Waals surface area (Å²) in [7, 11) is 0. The van der Waals surface area contributed by atoms with Crippen LogP contribution in [0.15, 0.2) is 78.9 Å². The van der Waals surface area contributed by atoms with E-state index >= 15 is 0 Å². The number of nitrogens with zero attached hydrogens (tertiary/aromatic N) is 2. The lowest BCUT2D eigenvalue weighted by atomic mass is 10.2. The van der Waals surface area contributed by atoms with E-state index in [1.165, 1.54) is 17.7 Å². The van der Waals surface area contributed by atoms with E-state index in [0.717, 1.165) is 29.1 Å². The van der Waals surface area contributed by atoms with E-state index in [0.29, 0.717) is 6.54 Å². The van der Waals surface area contributed by atoms with Gasteiger partial charge in [0, 0.05) is 12.2 Å². The molecule has 1 heterocycles. The summed E-state index contributed by atoms with van der Waals surface area (Å²) in [6.45, 7) is 1.34. The van der Waals surface area contributed by atoms with Gasteiger partial charge in [0.2, 0.25) is 0 Å². The number of imidazole rings is 1. The molecule has 0 saturated carbocycles. The van der Waals surface area contributed by atoms with Gasteiger partial charge in [-0.3, -0.25) is 0 Å². The fourth-order valence-corrected chi connectivity index (χ4v) is 2.95. The Labute approximate surface area is 145 Å². The zero-order valence-corrected chi connectivity index (χ0v) is 13.7. The summed E-state index contributed by atoms with van der Waals surface area (Å²) in [5, 5.41) is 3.33. The third kappa shape index (κ3) is 3.38. The number of rotatable bonds is 5. The van der Waals surface area contributed by atoms with E-state index in [1.54, 1.807) is 12.1 Å². The molecule has 0 bridgehead atoms. The molecule has 4 rings (SSSR count). The quantitative estimate of drug-likeness (QED) is 0.567. The normalized spacial score (nSPS) is 10.9. The van der Waals surface area contributed by atoms with Crippen LogP contribution >= 0.6 is 0 Å². The second-order valence-electron chi connectivity index (χ2n) is 5.95. The van der Waals surface area contributed by atoms with Crippen molar-refractivity contribution in [3.63, 3.8) is 0 Å². The predicted molar refractivity (Wildman–Crippen MR) is 99.0 cm³/mol. The molecule has 0 fully saturated rings. The molecule has 0 saturated heterocycles. The number of hydrogen-bond acceptors (Lipinski definition) is 2. The van der Waals surface area contributed by atoms with Crippen molar-refractivity contribution in [2.45, 2.75) is 13.1 Å². The van der Waals surface area contributed by atoms with Crippen LogP contribution in [0.3, 0.4) is 0 Å². The molecule has 124 valence electrons. The summed E-state index contributed by atoms with van der Waals surface area (Å²) in [5.41, 5.74) is 4.20. The van der Waals surface area contributed by atoms with Crippen LogP contribution in [0.2, 0.25) is 0 Å². The number of fused-ring (bicyclic) bond motifs is 1. The molecule has 0 unspecified atom stereocenters. The highest BCUT2D eigenvalue weighted by Crippen LogP contribution is 2.19. The topological polar surface area (TPSA) is 29.9 Å². The van der Waals surface area contributed by atoms with Crippen LogP contribution in [-0.4, -0.2) is 9.55 Å². The van der Waals surface area contributed by atoms with Crippen molar-refractivity contribution < 1.29 is 4.39 Å². The first kappa shape index (κ1) is 15.4. The summed E-state index contributed by atoms with van der Waals surface area (Å²) in [4.78, 5) is 4.77. The van der Waals surface area contributed by atoms with Gasteiger partial charge in [-0.15, -0.1) is 0 Å². The summed E-state index contributed by atoms with van der Waals surface area (Å²) in [5.74, 6) is 0.719. The molecule has 4 heteroatoms. The van der Waals surface area contributed by atoms with E-state index in [9.17, 15) is 4.39 Å². The van der Waals surface area contributed by atoms with Crippen molar-refractivity contribution in [1.29, 1.82) is 0 Å². The maximum absolute atomic E-state index is 13.1. The van der Waals surface area contributed by atoms with Gasteiger partial charge in [-0.05, 0) is 42.0 Å². The smallest absolute Gasteiger partial charge is 0.129 e. The van der Waals surface area contributed by atoms with E-state index < -0.39 is 0 Å². The zero-order valence-electron chi connectivity index (χ0n) is 13.7. The maximum Gasteiger partial charge on any atom is 0.129 e. The fourth-order valence-electron chi connectivity index (χ4n) is 2.95. The van der Waals surface area contributed by atoms with E-state index in [2.05, 4.69) is 28.1 Å². The molecular weight excluding hydrogens is 313 g/mol. The molecule has 25 heavy (non-hydrogen) atoms. The van der Waals surface area contributed by atoms with Gasteiger partial charge in [0.15, 0.2) is 0 Å². The van der Waals surface area contributed by atoms with Gasteiger partial charge in [0.1, 0.15) is 11.6 Å². The van der Waals surface area contributed by atoms with Gasteiger partial charge in [-0.1, -0.05) is 42.5 Å². The Balaban J connectivity index is 1.65. The van der Waals surface area contributed by atoms with Gasteiger partial charge in [-0.25, -0.2) is 9.37 Å². The molecule has 0 spiro atoms. The minimum atomic E-state index is -0.234. The first-order chi connectivity index (χ1) is 12.3. The van der Waals surface area contributed by atoms with Crippen molar-refractivity contribution in [3.8, 4) is 0 Å².